The Morgan fingerprint density at radius 3 is 1.80 bits per heavy atom. The van der Waals surface area contributed by atoms with Crippen LogP contribution in [0.5, 0.6) is 0 Å². The number of amides is 3. The summed E-state index contributed by atoms with van der Waals surface area (Å²) in [4.78, 5) is 48.4. The number of nitrogens with two attached hydrogens (primary N) is 3. The summed E-state index contributed by atoms with van der Waals surface area (Å²) in [6, 6.07) is 15.6. The number of hydrogen-bond donors (Lipinski definition) is 4. The first-order valence-electron chi connectivity index (χ1n) is 13.4. The van der Waals surface area contributed by atoms with Gasteiger partial charge in [0.05, 0.1) is 17.3 Å². The molecule has 6 rings (SSSR count). The molecule has 0 fully saturated rings. The zero-order valence-electron chi connectivity index (χ0n) is 25.8. The predicted molar refractivity (Wildman–Crippen MR) is 166 cm³/mol. The summed E-state index contributed by atoms with van der Waals surface area (Å²) in [5.41, 5.74) is 20.0. The van der Waals surface area contributed by atoms with Gasteiger partial charge in [-0.25, -0.2) is 0 Å². The Labute approximate surface area is 306 Å². The summed E-state index contributed by atoms with van der Waals surface area (Å²) in [7, 11) is 0. The van der Waals surface area contributed by atoms with Gasteiger partial charge in [-0.2, -0.15) is 5.10 Å². The molecule has 6 aromatic rings. The van der Waals surface area contributed by atoms with Gasteiger partial charge in [0.2, 0.25) is 11.8 Å². The average molecular weight is 749 g/mol. The summed E-state index contributed by atoms with van der Waals surface area (Å²) in [6.45, 7) is 12.0. The zero-order valence-corrected chi connectivity index (χ0v) is 31.5. The normalized spacial score (nSPS) is 8.86. The summed E-state index contributed by atoms with van der Waals surface area (Å²) in [6.07, 6.45) is 4.48. The van der Waals surface area contributed by atoms with Crippen LogP contribution >= 0.6 is 0 Å². The molecule has 2 radical (unpaired) electrons. The molecule has 3 aromatic heterocycles. The van der Waals surface area contributed by atoms with Crippen LogP contribution < -0.4 is 27.2 Å². The van der Waals surface area contributed by atoms with Gasteiger partial charge in [-0.3, -0.25) is 19.5 Å². The monoisotopic (exact) mass is 749 g/mol. The third kappa shape index (κ3) is 11.6. The van der Waals surface area contributed by atoms with Gasteiger partial charge >= 0.3 is 0 Å². The number of nitrogens with zero attached hydrogens (tertiary/aromatic N) is 5. The van der Waals surface area contributed by atoms with E-state index >= 15 is 0 Å². The average Bonchev–Trinajstić information content (AvgIpc) is 3.81. The van der Waals surface area contributed by atoms with Crippen molar-refractivity contribution in [3.63, 3.8) is 0 Å². The number of primary amides is 3. The summed E-state index contributed by atoms with van der Waals surface area (Å²) in [5, 5.41) is 7.42. The van der Waals surface area contributed by atoms with Crippen LogP contribution in [-0.4, -0.2) is 37.9 Å². The minimum atomic E-state index is -0.471. The van der Waals surface area contributed by atoms with Crippen molar-refractivity contribution in [3.8, 4) is 0 Å². The molecule has 0 aliphatic rings. The molecule has 7 N–H and O–H groups in total. The van der Waals surface area contributed by atoms with Crippen molar-refractivity contribution in [1.82, 2.24) is 30.1 Å². The van der Waals surface area contributed by atoms with E-state index in [9.17, 15) is 14.4 Å². The van der Waals surface area contributed by atoms with E-state index in [2.05, 4.69) is 30.1 Å². The van der Waals surface area contributed by atoms with E-state index in [0.29, 0.717) is 44.3 Å². The molecule has 12 nitrogen and oxygen atoms in total. The third-order valence-corrected chi connectivity index (χ3v) is 5.07. The predicted octanol–water partition coefficient (Wildman–Crippen LogP) is 4.32. The van der Waals surface area contributed by atoms with Crippen molar-refractivity contribution in [2.75, 3.05) is 0 Å². The van der Waals surface area contributed by atoms with Crippen LogP contribution in [0.25, 0.3) is 33.0 Å². The van der Waals surface area contributed by atoms with Crippen LogP contribution in [0.2, 0.25) is 0 Å². The molecule has 14 heteroatoms. The van der Waals surface area contributed by atoms with Gasteiger partial charge in [0, 0.05) is 81.9 Å². The van der Waals surface area contributed by atoms with Crippen molar-refractivity contribution in [2.24, 2.45) is 17.2 Å². The molecule has 3 aromatic carbocycles. The topological polar surface area (TPSA) is 212 Å². The number of aromatic amines is 1. The molecule has 3 heterocycles. The van der Waals surface area contributed by atoms with E-state index in [0.717, 1.165) is 5.39 Å². The minimum Gasteiger partial charge on any atom is -0.443 e. The fourth-order valence-electron chi connectivity index (χ4n) is 3.41. The van der Waals surface area contributed by atoms with Crippen LogP contribution in [0.15, 0.2) is 73.4 Å². The number of benzene rings is 3. The quantitative estimate of drug-likeness (QED) is 0.204. The Morgan fingerprint density at radius 2 is 1.18 bits per heavy atom. The van der Waals surface area contributed by atoms with Crippen molar-refractivity contribution in [1.29, 1.82) is 0 Å². The van der Waals surface area contributed by atoms with E-state index < -0.39 is 17.7 Å². The minimum absolute atomic E-state index is 0. The smallest absolute Gasteiger partial charge is 0.250 e. The maximum atomic E-state index is 10.9. The van der Waals surface area contributed by atoms with Crippen molar-refractivity contribution in [3.05, 3.63) is 90.1 Å². The molecule has 0 spiro atoms. The van der Waals surface area contributed by atoms with Gasteiger partial charge in [0.25, 0.3) is 5.91 Å². The number of carbonyl (C=O) groups is 3. The van der Waals surface area contributed by atoms with Crippen LogP contribution in [0.1, 0.15) is 72.6 Å². The Bertz CT molecular complexity index is 1510. The number of H-pyrrole nitrogens is 1. The fraction of sp³-hybridized carbons (Fsp3) is 0.200. The molecule has 44 heavy (non-hydrogen) atoms. The largest absolute Gasteiger partial charge is 0.443 e. The van der Waals surface area contributed by atoms with Crippen molar-refractivity contribution >= 4 is 50.7 Å². The number of hydrogen-bond acceptors (Lipinski definition) is 6. The second-order valence-electron chi connectivity index (χ2n) is 7.33. The van der Waals surface area contributed by atoms with Gasteiger partial charge in [-0.05, 0) is 40.3 Å². The molecular weight excluding hydrogens is 712 g/mol. The molecule has 0 atom stereocenters. The second kappa shape index (κ2) is 23.1. The van der Waals surface area contributed by atoms with E-state index in [1.165, 1.54) is 12.7 Å². The Kier molecular flexibility index (Phi) is 22.5. The third-order valence-electron chi connectivity index (χ3n) is 5.07. The van der Waals surface area contributed by atoms with Gasteiger partial charge in [-0.15, -0.1) is 0 Å². The van der Waals surface area contributed by atoms with Gasteiger partial charge < -0.3 is 37.1 Å². The first kappa shape index (κ1) is 42.8. The zero-order chi connectivity index (χ0) is 31.7. The molecule has 0 unspecified atom stereocenters. The maximum Gasteiger partial charge on any atom is 0.250 e. The number of fused-ring (bicyclic) bond motifs is 3. The molecule has 0 bridgehead atoms. The van der Waals surface area contributed by atoms with E-state index in [1.807, 2.05) is 47.6 Å². The molecule has 3 amide bonds. The van der Waals surface area contributed by atoms with Crippen LogP contribution in [0, 0.1) is 0 Å². The number of imidazole rings is 2. The molecule has 0 aliphatic heterocycles. The summed E-state index contributed by atoms with van der Waals surface area (Å²) >= 11 is 0. The van der Waals surface area contributed by atoms with Gasteiger partial charge in [0.15, 0.2) is 0 Å². The Balaban J connectivity index is 0. The van der Waals surface area contributed by atoms with Crippen LogP contribution in [-0.2, 0) is 65.4 Å². The molecule has 0 saturated heterocycles. The molecule has 228 valence electrons. The Morgan fingerprint density at radius 1 is 0.659 bits per heavy atom. The molecule has 0 aliphatic carbocycles. The van der Waals surface area contributed by atoms with E-state index in [4.69, 9.17) is 17.2 Å². The van der Waals surface area contributed by atoms with Crippen LogP contribution in [0.4, 0.5) is 0 Å². The molecule has 0 saturated carbocycles. The standard InChI is InChI=1S/3C8H7N3O.3C2H6.2Y/c2*9-8(12)5-2-1-3-6-7(5)11-4-10-6;9-8(12)6-3-1-2-5-4-10-11-7(5)6;3*1-2;;/h2*1-4H,(H3,9,10,11,12);1-4H,(H2,9,12)(H,10,11);3*1-2H3;;/p-2. The van der Waals surface area contributed by atoms with Crippen LogP contribution in [0.3, 0.4) is 0 Å². The SMILES string of the molecule is CC.CC.CC.NC(=O)c1cccc2[n-]cnc12.NC(=O)c1cccc2cn[nH]c12.NC(=O)c1cccc2nc[n-]c12.[Y].[Y]. The van der Waals surface area contributed by atoms with Gasteiger partial charge in [0.1, 0.15) is 0 Å². The van der Waals surface area contributed by atoms with E-state index in [1.54, 1.807) is 54.7 Å². The van der Waals surface area contributed by atoms with Crippen molar-refractivity contribution in [2.45, 2.75) is 41.5 Å². The van der Waals surface area contributed by atoms with E-state index in [-0.39, 0.29) is 65.4 Å². The number of carbonyl (C=O) groups excluding carboxylic acids is 3. The number of aromatic nitrogens is 6. The number of nitrogens with one attached hydrogen (secondary N) is 1. The first-order chi connectivity index (χ1) is 20.4. The Hall–Kier alpha value is -3.31. The molecular formula is C30H37N9O3Y2-2. The second-order valence-corrected chi connectivity index (χ2v) is 7.33. The fourth-order valence-corrected chi connectivity index (χ4v) is 3.41. The summed E-state index contributed by atoms with van der Waals surface area (Å²) < 4.78 is 0. The van der Waals surface area contributed by atoms with Crippen molar-refractivity contribution < 1.29 is 79.8 Å². The summed E-state index contributed by atoms with van der Waals surface area (Å²) in [5.74, 6) is -1.38. The first-order valence-corrected chi connectivity index (χ1v) is 13.4. The number of para-hydroxylation sites is 3. The maximum absolute atomic E-state index is 10.9. The number of rotatable bonds is 3. The van der Waals surface area contributed by atoms with Gasteiger partial charge in [-0.1, -0.05) is 90.6 Å².